The molecule has 0 aromatic heterocycles. The summed E-state index contributed by atoms with van der Waals surface area (Å²) in [5, 5.41) is 2.80. The highest BCUT2D eigenvalue weighted by Gasteiger charge is 2.30. The summed E-state index contributed by atoms with van der Waals surface area (Å²) in [6.07, 6.45) is -0.410. The number of ether oxygens (including phenoxy) is 2. The molecule has 2 aromatic rings. The number of fused-ring (bicyclic) bond motifs is 1. The highest BCUT2D eigenvalue weighted by Crippen LogP contribution is 2.21. The average molecular weight is 311 g/mol. The summed E-state index contributed by atoms with van der Waals surface area (Å²) in [7, 11) is 1.58. The quantitative estimate of drug-likeness (QED) is 0.878. The second-order valence-corrected chi connectivity index (χ2v) is 5.28. The number of cyclic esters (lactones) is 1. The summed E-state index contributed by atoms with van der Waals surface area (Å²) in [5.74, 6) is -0.0539. The Balaban J connectivity index is 1.67. The Morgan fingerprint density at radius 1 is 1.22 bits per heavy atom. The third-order valence-corrected chi connectivity index (χ3v) is 3.83. The number of hydrogen-bond acceptors (Lipinski definition) is 4. The molecule has 1 amide bonds. The van der Waals surface area contributed by atoms with Crippen LogP contribution in [0, 0.1) is 0 Å². The summed E-state index contributed by atoms with van der Waals surface area (Å²) < 4.78 is 10.5. The summed E-state index contributed by atoms with van der Waals surface area (Å²) in [6, 6.07) is 14.6. The maximum absolute atomic E-state index is 12.3. The summed E-state index contributed by atoms with van der Waals surface area (Å²) in [4.78, 5) is 24.3. The Hall–Kier alpha value is -2.82. The highest BCUT2D eigenvalue weighted by atomic mass is 16.5. The van der Waals surface area contributed by atoms with Gasteiger partial charge in [0.25, 0.3) is 5.91 Å². The van der Waals surface area contributed by atoms with Gasteiger partial charge in [-0.1, -0.05) is 36.4 Å². The van der Waals surface area contributed by atoms with Crippen molar-refractivity contribution in [3.05, 3.63) is 65.2 Å². The number of carbonyl (C=O) groups is 2. The summed E-state index contributed by atoms with van der Waals surface area (Å²) in [5.41, 5.74) is 2.23. The molecule has 1 aliphatic heterocycles. The Bertz CT molecular complexity index is 741. The van der Waals surface area contributed by atoms with Gasteiger partial charge < -0.3 is 14.8 Å². The molecule has 0 spiro atoms. The van der Waals surface area contributed by atoms with Crippen molar-refractivity contribution in [2.24, 2.45) is 0 Å². The van der Waals surface area contributed by atoms with E-state index in [4.69, 9.17) is 9.47 Å². The molecule has 0 radical (unpaired) electrons. The fourth-order valence-corrected chi connectivity index (χ4v) is 2.62. The Morgan fingerprint density at radius 2 is 1.96 bits per heavy atom. The van der Waals surface area contributed by atoms with Gasteiger partial charge in [-0.2, -0.15) is 0 Å². The number of amides is 1. The van der Waals surface area contributed by atoms with E-state index < -0.39 is 12.1 Å². The normalized spacial score (nSPS) is 16.2. The minimum absolute atomic E-state index is 0.307. The molecule has 1 N–H and O–H groups in total. The molecule has 0 saturated heterocycles. The van der Waals surface area contributed by atoms with Crippen molar-refractivity contribution >= 4 is 11.9 Å². The molecule has 118 valence electrons. The van der Waals surface area contributed by atoms with Crippen LogP contribution in [0.15, 0.2) is 48.5 Å². The van der Waals surface area contributed by atoms with Crippen molar-refractivity contribution in [3.8, 4) is 5.75 Å². The van der Waals surface area contributed by atoms with Gasteiger partial charge >= 0.3 is 5.97 Å². The fourth-order valence-electron chi connectivity index (χ4n) is 2.62. The molecule has 1 atom stereocenters. The molecule has 0 aliphatic carbocycles. The lowest BCUT2D eigenvalue weighted by molar-refractivity contribution is -0.130. The van der Waals surface area contributed by atoms with E-state index in [1.807, 2.05) is 36.4 Å². The Morgan fingerprint density at radius 3 is 2.78 bits per heavy atom. The van der Waals surface area contributed by atoms with Gasteiger partial charge in [-0.15, -0.1) is 0 Å². The SMILES string of the molecule is COc1ccccc1CNC(=O)[C@@H]1Cc2ccccc2C(=O)O1. The zero-order valence-electron chi connectivity index (χ0n) is 12.7. The number of methoxy groups -OCH3 is 1. The van der Waals surface area contributed by atoms with E-state index in [0.29, 0.717) is 24.3 Å². The van der Waals surface area contributed by atoms with E-state index in [-0.39, 0.29) is 5.91 Å². The van der Waals surface area contributed by atoms with Gasteiger partial charge in [-0.05, 0) is 17.7 Å². The zero-order valence-corrected chi connectivity index (χ0v) is 12.7. The highest BCUT2D eigenvalue weighted by molar-refractivity contribution is 5.95. The Labute approximate surface area is 134 Å². The van der Waals surface area contributed by atoms with Crippen LogP contribution in [0.25, 0.3) is 0 Å². The third kappa shape index (κ3) is 3.18. The lowest BCUT2D eigenvalue weighted by atomic mass is 9.98. The topological polar surface area (TPSA) is 64.6 Å². The van der Waals surface area contributed by atoms with Crippen LogP contribution < -0.4 is 10.1 Å². The molecule has 5 heteroatoms. The smallest absolute Gasteiger partial charge is 0.339 e. The van der Waals surface area contributed by atoms with Crippen LogP contribution in [-0.2, 0) is 22.5 Å². The van der Waals surface area contributed by atoms with Crippen LogP contribution >= 0.6 is 0 Å². The second-order valence-electron chi connectivity index (χ2n) is 5.28. The van der Waals surface area contributed by atoms with Gasteiger partial charge in [0.2, 0.25) is 0 Å². The molecular weight excluding hydrogens is 294 g/mol. The molecular formula is C18H17NO4. The van der Waals surface area contributed by atoms with Crippen LogP contribution in [0.1, 0.15) is 21.5 Å². The number of hydrogen-bond donors (Lipinski definition) is 1. The van der Waals surface area contributed by atoms with Gasteiger partial charge in [-0.3, -0.25) is 4.79 Å². The predicted molar refractivity (Wildman–Crippen MR) is 84.2 cm³/mol. The van der Waals surface area contributed by atoms with E-state index in [2.05, 4.69) is 5.32 Å². The number of nitrogens with one attached hydrogen (secondary N) is 1. The molecule has 2 aromatic carbocycles. The largest absolute Gasteiger partial charge is 0.496 e. The minimum Gasteiger partial charge on any atom is -0.496 e. The molecule has 0 fully saturated rings. The monoisotopic (exact) mass is 311 g/mol. The van der Waals surface area contributed by atoms with Crippen LogP contribution in [0.3, 0.4) is 0 Å². The van der Waals surface area contributed by atoms with Gasteiger partial charge in [0.1, 0.15) is 5.75 Å². The van der Waals surface area contributed by atoms with E-state index in [1.165, 1.54) is 0 Å². The van der Waals surface area contributed by atoms with Crippen molar-refractivity contribution in [2.45, 2.75) is 19.1 Å². The minimum atomic E-state index is -0.799. The van der Waals surface area contributed by atoms with Gasteiger partial charge in [0.05, 0.1) is 12.7 Å². The third-order valence-electron chi connectivity index (χ3n) is 3.83. The van der Waals surface area contributed by atoms with Crippen LogP contribution in [-0.4, -0.2) is 25.1 Å². The summed E-state index contributed by atoms with van der Waals surface area (Å²) in [6.45, 7) is 0.318. The maximum atomic E-state index is 12.3. The van der Waals surface area contributed by atoms with Crippen molar-refractivity contribution in [1.82, 2.24) is 5.32 Å². The van der Waals surface area contributed by atoms with Crippen LogP contribution in [0.4, 0.5) is 0 Å². The first-order valence-corrected chi connectivity index (χ1v) is 7.37. The first kappa shape index (κ1) is 15.1. The van der Waals surface area contributed by atoms with Gasteiger partial charge in [-0.25, -0.2) is 4.79 Å². The molecule has 3 rings (SSSR count). The number of rotatable bonds is 4. The van der Waals surface area contributed by atoms with Crippen molar-refractivity contribution in [2.75, 3.05) is 7.11 Å². The van der Waals surface area contributed by atoms with Gasteiger partial charge in [0.15, 0.2) is 6.10 Å². The molecule has 0 saturated carbocycles. The average Bonchev–Trinajstić information content (AvgIpc) is 2.59. The van der Waals surface area contributed by atoms with E-state index >= 15 is 0 Å². The van der Waals surface area contributed by atoms with Crippen LogP contribution in [0.5, 0.6) is 5.75 Å². The zero-order chi connectivity index (χ0) is 16.2. The van der Waals surface area contributed by atoms with E-state index in [1.54, 1.807) is 19.2 Å². The van der Waals surface area contributed by atoms with Crippen LogP contribution in [0.2, 0.25) is 0 Å². The number of carbonyl (C=O) groups excluding carboxylic acids is 2. The standard InChI is InChI=1S/C18H17NO4/c1-22-15-9-5-3-7-13(15)11-19-17(20)16-10-12-6-2-4-8-14(12)18(21)23-16/h2-9,16H,10-11H2,1H3,(H,19,20)/t16-/m0/s1. The molecule has 0 unspecified atom stereocenters. The first-order chi connectivity index (χ1) is 11.2. The molecule has 1 aliphatic rings. The van der Waals surface area contributed by atoms with E-state index in [9.17, 15) is 9.59 Å². The number of esters is 1. The number of para-hydroxylation sites is 1. The van der Waals surface area contributed by atoms with E-state index in [0.717, 1.165) is 11.1 Å². The molecule has 5 nitrogen and oxygen atoms in total. The predicted octanol–water partition coefficient (Wildman–Crippen LogP) is 2.09. The summed E-state index contributed by atoms with van der Waals surface area (Å²) >= 11 is 0. The second kappa shape index (κ2) is 6.52. The first-order valence-electron chi connectivity index (χ1n) is 7.37. The molecule has 1 heterocycles. The van der Waals surface area contributed by atoms with Gasteiger partial charge in [0, 0.05) is 18.5 Å². The molecule has 23 heavy (non-hydrogen) atoms. The van der Waals surface area contributed by atoms with Crippen molar-refractivity contribution < 1.29 is 19.1 Å². The van der Waals surface area contributed by atoms with Crippen molar-refractivity contribution in [1.29, 1.82) is 0 Å². The maximum Gasteiger partial charge on any atom is 0.339 e. The lowest BCUT2D eigenvalue weighted by Gasteiger charge is -2.23. The van der Waals surface area contributed by atoms with Crippen molar-refractivity contribution in [3.63, 3.8) is 0 Å². The Kier molecular flexibility index (Phi) is 4.28. The molecule has 0 bridgehead atoms. The number of benzene rings is 2. The fraction of sp³-hybridized carbons (Fsp3) is 0.222. The lowest BCUT2D eigenvalue weighted by Crippen LogP contribution is -2.41.